The maximum Gasteiger partial charge on any atom is 0.497 e. The van der Waals surface area contributed by atoms with Gasteiger partial charge in [-0.05, 0) is 58.0 Å². The van der Waals surface area contributed by atoms with Crippen molar-refractivity contribution in [1.82, 2.24) is 0 Å². The quantitative estimate of drug-likeness (QED) is 0.851. The molecule has 2 aromatic carbocycles. The summed E-state index contributed by atoms with van der Waals surface area (Å²) in [6, 6.07) is 12.9. The summed E-state index contributed by atoms with van der Waals surface area (Å²) in [7, 11) is -0.855. The fraction of sp³-hybridized carbons (Fsp3) is 0.316. The third-order valence-corrected chi connectivity index (χ3v) is 4.70. The average Bonchev–Trinajstić information content (AvgIpc) is 2.78. The van der Waals surface area contributed by atoms with Gasteiger partial charge in [-0.1, -0.05) is 18.2 Å². The molecule has 1 aliphatic heterocycles. The van der Waals surface area contributed by atoms with Crippen LogP contribution < -0.4 is 15.5 Å². The van der Waals surface area contributed by atoms with Gasteiger partial charge >= 0.3 is 13.2 Å². The first-order valence-corrected chi connectivity index (χ1v) is 8.37. The Hall–Kier alpha value is -2.38. The Balaban J connectivity index is 1.75. The molecule has 5 nitrogen and oxygen atoms in total. The molecule has 1 saturated heterocycles. The lowest BCUT2D eigenvalue weighted by Crippen LogP contribution is -2.41. The summed E-state index contributed by atoms with van der Waals surface area (Å²) in [6.45, 7) is 7.57. The van der Waals surface area contributed by atoms with E-state index in [1.807, 2.05) is 33.8 Å². The van der Waals surface area contributed by atoms with E-state index in [-0.39, 0.29) is 5.46 Å². The monoisotopic (exact) mass is 357 g/mol. The molecule has 1 heterocycles. The van der Waals surface area contributed by atoms with Crippen molar-refractivity contribution < 1.29 is 23.2 Å². The van der Waals surface area contributed by atoms with E-state index >= 15 is 0 Å². The summed E-state index contributed by atoms with van der Waals surface area (Å²) in [6.07, 6.45) is -0.664. The van der Waals surface area contributed by atoms with E-state index in [1.165, 1.54) is 18.2 Å². The van der Waals surface area contributed by atoms with E-state index in [0.29, 0.717) is 11.4 Å². The molecule has 3 rings (SSSR count). The highest BCUT2D eigenvalue weighted by molar-refractivity contribution is 6.62. The number of ether oxygens (including phenoxy) is 1. The molecular formula is C19H21BFNO4. The summed E-state index contributed by atoms with van der Waals surface area (Å²) in [4.78, 5) is 12.0. The van der Waals surface area contributed by atoms with Crippen molar-refractivity contribution in [2.24, 2.45) is 0 Å². The molecule has 0 radical (unpaired) electrons. The van der Waals surface area contributed by atoms with Crippen LogP contribution in [0.15, 0.2) is 48.5 Å². The van der Waals surface area contributed by atoms with Crippen molar-refractivity contribution in [2.75, 3.05) is 5.32 Å². The summed E-state index contributed by atoms with van der Waals surface area (Å²) in [5.74, 6) is -0.0521. The average molecular weight is 357 g/mol. The van der Waals surface area contributed by atoms with Gasteiger partial charge < -0.3 is 14.0 Å². The van der Waals surface area contributed by atoms with Crippen molar-refractivity contribution >= 4 is 24.4 Å². The van der Waals surface area contributed by atoms with Crippen molar-refractivity contribution in [1.29, 1.82) is 0 Å². The molecule has 1 N–H and O–H groups in total. The van der Waals surface area contributed by atoms with E-state index in [1.54, 1.807) is 24.3 Å². The van der Waals surface area contributed by atoms with Gasteiger partial charge in [-0.25, -0.2) is 9.18 Å². The molecule has 0 aromatic heterocycles. The lowest BCUT2D eigenvalue weighted by atomic mass is 9.78. The van der Waals surface area contributed by atoms with Crippen LogP contribution in [0.2, 0.25) is 0 Å². The normalized spacial score (nSPS) is 17.8. The highest BCUT2D eigenvalue weighted by Crippen LogP contribution is 2.36. The molecule has 1 fully saturated rings. The van der Waals surface area contributed by atoms with Crippen LogP contribution in [-0.2, 0) is 9.31 Å². The first-order chi connectivity index (χ1) is 12.2. The zero-order valence-electron chi connectivity index (χ0n) is 15.2. The van der Waals surface area contributed by atoms with E-state index < -0.39 is 30.2 Å². The van der Waals surface area contributed by atoms with E-state index in [9.17, 15) is 9.18 Å². The molecule has 1 amide bonds. The minimum atomic E-state index is -0.855. The molecule has 0 unspecified atom stereocenters. The molecule has 0 atom stereocenters. The van der Waals surface area contributed by atoms with Crippen molar-refractivity contribution in [3.8, 4) is 5.75 Å². The van der Waals surface area contributed by atoms with Gasteiger partial charge in [0.2, 0.25) is 0 Å². The summed E-state index contributed by atoms with van der Waals surface area (Å²) in [5, 5.41) is 2.58. The van der Waals surface area contributed by atoms with Crippen molar-refractivity contribution in [2.45, 2.75) is 38.9 Å². The second-order valence-electron chi connectivity index (χ2n) is 7.15. The van der Waals surface area contributed by atoms with Gasteiger partial charge in [-0.15, -0.1) is 0 Å². The zero-order chi connectivity index (χ0) is 18.9. The third kappa shape index (κ3) is 3.74. The molecule has 0 bridgehead atoms. The summed E-state index contributed by atoms with van der Waals surface area (Å²) in [5.41, 5.74) is -0.558. The first kappa shape index (κ1) is 18.4. The number of amides is 1. The highest BCUT2D eigenvalue weighted by atomic mass is 19.1. The maximum atomic E-state index is 14.3. The number of benzene rings is 2. The Morgan fingerprint density at radius 3 is 2.27 bits per heavy atom. The maximum absolute atomic E-state index is 14.3. The number of halogens is 1. The van der Waals surface area contributed by atoms with Crippen LogP contribution in [0.3, 0.4) is 0 Å². The van der Waals surface area contributed by atoms with Crippen LogP contribution in [0.25, 0.3) is 0 Å². The molecule has 1 aliphatic rings. The highest BCUT2D eigenvalue weighted by Gasteiger charge is 2.52. The number of carbonyl (C=O) groups excluding carboxylic acids is 1. The summed E-state index contributed by atoms with van der Waals surface area (Å²) >= 11 is 0. The second-order valence-corrected chi connectivity index (χ2v) is 7.15. The number of carbonyl (C=O) groups is 1. The predicted octanol–water partition coefficient (Wildman–Crippen LogP) is 3.74. The van der Waals surface area contributed by atoms with E-state index in [4.69, 9.17) is 14.0 Å². The van der Waals surface area contributed by atoms with Crippen molar-refractivity contribution in [3.05, 3.63) is 54.3 Å². The largest absolute Gasteiger partial charge is 0.497 e. The molecule has 7 heteroatoms. The number of anilines is 1. The Bertz CT molecular complexity index is 794. The van der Waals surface area contributed by atoms with Gasteiger partial charge in [0.05, 0.1) is 11.2 Å². The Morgan fingerprint density at radius 2 is 1.65 bits per heavy atom. The zero-order valence-corrected chi connectivity index (χ0v) is 15.2. The lowest BCUT2D eigenvalue weighted by Gasteiger charge is -2.32. The fourth-order valence-corrected chi connectivity index (χ4v) is 2.51. The molecule has 136 valence electrons. The van der Waals surface area contributed by atoms with Gasteiger partial charge in [0.15, 0.2) is 0 Å². The molecule has 0 spiro atoms. The first-order valence-electron chi connectivity index (χ1n) is 8.37. The van der Waals surface area contributed by atoms with Gasteiger partial charge in [0, 0.05) is 11.2 Å². The molecule has 0 saturated carbocycles. The molecule has 26 heavy (non-hydrogen) atoms. The molecular weight excluding hydrogens is 336 g/mol. The summed E-state index contributed by atoms with van der Waals surface area (Å²) < 4.78 is 31.2. The molecule has 2 aromatic rings. The fourth-order valence-electron chi connectivity index (χ4n) is 2.51. The van der Waals surface area contributed by atoms with Gasteiger partial charge in [0.1, 0.15) is 11.6 Å². The topological polar surface area (TPSA) is 56.8 Å². The number of hydrogen-bond donors (Lipinski definition) is 1. The number of para-hydroxylation sites is 1. The van der Waals surface area contributed by atoms with Crippen LogP contribution in [0.5, 0.6) is 5.75 Å². The Morgan fingerprint density at radius 1 is 1.04 bits per heavy atom. The van der Waals surface area contributed by atoms with Gasteiger partial charge in [0.25, 0.3) is 0 Å². The Labute approximate surface area is 152 Å². The van der Waals surface area contributed by atoms with Crippen LogP contribution >= 0.6 is 0 Å². The van der Waals surface area contributed by atoms with Crippen LogP contribution in [0, 0.1) is 5.82 Å². The minimum Gasteiger partial charge on any atom is -0.410 e. The minimum absolute atomic E-state index is 0.223. The van der Waals surface area contributed by atoms with E-state index in [0.717, 1.165) is 0 Å². The number of hydrogen-bond acceptors (Lipinski definition) is 4. The van der Waals surface area contributed by atoms with Crippen LogP contribution in [0.4, 0.5) is 14.9 Å². The lowest BCUT2D eigenvalue weighted by molar-refractivity contribution is 0.00578. The van der Waals surface area contributed by atoms with Gasteiger partial charge in [-0.3, -0.25) is 5.32 Å². The van der Waals surface area contributed by atoms with Crippen LogP contribution in [0.1, 0.15) is 27.7 Å². The number of nitrogens with one attached hydrogen (secondary N) is 1. The predicted molar refractivity (Wildman–Crippen MR) is 98.2 cm³/mol. The van der Waals surface area contributed by atoms with Crippen LogP contribution in [-0.4, -0.2) is 24.4 Å². The van der Waals surface area contributed by atoms with Crippen molar-refractivity contribution in [3.63, 3.8) is 0 Å². The second kappa shape index (κ2) is 6.74. The SMILES string of the molecule is CC1(C)OB(c2cc(NC(=O)Oc3ccccc3)ccc2F)OC1(C)C. The third-order valence-electron chi connectivity index (χ3n) is 4.70. The van der Waals surface area contributed by atoms with Gasteiger partial charge in [-0.2, -0.15) is 0 Å². The Kier molecular flexibility index (Phi) is 4.77. The molecule has 0 aliphatic carbocycles. The van der Waals surface area contributed by atoms with E-state index in [2.05, 4.69) is 5.32 Å². The smallest absolute Gasteiger partial charge is 0.410 e. The standard InChI is InChI=1S/C19H21BFNO4/c1-18(2)19(3,4)26-20(25-18)15-12-13(10-11-16(15)21)22-17(23)24-14-8-6-5-7-9-14/h5-12H,1-4H3,(H,22,23). The number of rotatable bonds is 3.